The lowest BCUT2D eigenvalue weighted by Gasteiger charge is -2.33. The van der Waals surface area contributed by atoms with Crippen molar-refractivity contribution in [2.24, 2.45) is 0 Å². The molecule has 4 nitrogen and oxygen atoms in total. The van der Waals surface area contributed by atoms with Crippen molar-refractivity contribution in [3.63, 3.8) is 0 Å². The predicted octanol–water partition coefficient (Wildman–Crippen LogP) is 4.55. The van der Waals surface area contributed by atoms with Crippen LogP contribution in [0, 0.1) is 0 Å². The molecular weight excluding hydrogens is 332 g/mol. The van der Waals surface area contributed by atoms with Gasteiger partial charge in [-0.05, 0) is 38.8 Å². The van der Waals surface area contributed by atoms with E-state index in [1.165, 1.54) is 30.6 Å². The van der Waals surface area contributed by atoms with Crippen LogP contribution in [-0.2, 0) is 11.3 Å². The zero-order valence-electron chi connectivity index (χ0n) is 15.0. The SMILES string of the molecule is CCOC(=O)c1c(N)sc(CN2CCCCC2C)c1-c1ccccc1. The molecule has 134 valence electrons. The smallest absolute Gasteiger partial charge is 0.341 e. The molecule has 0 saturated carbocycles. The second kappa shape index (κ2) is 8.02. The summed E-state index contributed by atoms with van der Waals surface area (Å²) in [5.41, 5.74) is 8.75. The molecule has 3 rings (SSSR count). The van der Waals surface area contributed by atoms with Crippen molar-refractivity contribution >= 4 is 22.3 Å². The fourth-order valence-corrected chi connectivity index (χ4v) is 4.61. The Morgan fingerprint density at radius 3 is 2.76 bits per heavy atom. The van der Waals surface area contributed by atoms with Gasteiger partial charge in [0.25, 0.3) is 0 Å². The van der Waals surface area contributed by atoms with E-state index in [4.69, 9.17) is 10.5 Å². The number of piperidine rings is 1. The summed E-state index contributed by atoms with van der Waals surface area (Å²) in [5.74, 6) is -0.326. The van der Waals surface area contributed by atoms with Gasteiger partial charge in [0.05, 0.1) is 6.61 Å². The zero-order valence-corrected chi connectivity index (χ0v) is 15.8. The van der Waals surface area contributed by atoms with Crippen LogP contribution >= 0.6 is 11.3 Å². The van der Waals surface area contributed by atoms with Crippen LogP contribution in [0.1, 0.15) is 48.3 Å². The third kappa shape index (κ3) is 3.88. The van der Waals surface area contributed by atoms with Gasteiger partial charge in [0.15, 0.2) is 0 Å². The molecule has 0 aliphatic carbocycles. The van der Waals surface area contributed by atoms with Gasteiger partial charge in [-0.3, -0.25) is 4.90 Å². The maximum absolute atomic E-state index is 12.5. The Hall–Kier alpha value is -1.85. The summed E-state index contributed by atoms with van der Waals surface area (Å²) < 4.78 is 5.27. The Balaban J connectivity index is 2.02. The number of ether oxygens (including phenoxy) is 1. The first kappa shape index (κ1) is 18.0. The first-order chi connectivity index (χ1) is 12.1. The van der Waals surface area contributed by atoms with Gasteiger partial charge in [-0.2, -0.15) is 0 Å². The molecule has 1 aliphatic heterocycles. The largest absolute Gasteiger partial charge is 0.462 e. The minimum absolute atomic E-state index is 0.326. The highest BCUT2D eigenvalue weighted by atomic mass is 32.1. The van der Waals surface area contributed by atoms with Gasteiger partial charge in [-0.15, -0.1) is 11.3 Å². The Bertz CT molecular complexity index is 727. The zero-order chi connectivity index (χ0) is 17.8. The van der Waals surface area contributed by atoms with E-state index in [0.29, 0.717) is 23.2 Å². The second-order valence-electron chi connectivity index (χ2n) is 6.54. The molecular formula is C20H26N2O2S. The predicted molar refractivity (Wildman–Crippen MR) is 104 cm³/mol. The molecule has 1 saturated heterocycles. The number of likely N-dealkylation sites (tertiary alicyclic amines) is 1. The van der Waals surface area contributed by atoms with Crippen molar-refractivity contribution in [1.29, 1.82) is 0 Å². The summed E-state index contributed by atoms with van der Waals surface area (Å²) in [4.78, 5) is 16.2. The molecule has 0 radical (unpaired) electrons. The number of benzene rings is 1. The molecule has 0 bridgehead atoms. The molecule has 1 aliphatic rings. The van der Waals surface area contributed by atoms with Crippen LogP contribution in [0.25, 0.3) is 11.1 Å². The topological polar surface area (TPSA) is 55.6 Å². The molecule has 5 heteroatoms. The van der Waals surface area contributed by atoms with Crippen molar-refractivity contribution in [3.8, 4) is 11.1 Å². The number of esters is 1. The summed E-state index contributed by atoms with van der Waals surface area (Å²) >= 11 is 1.52. The van der Waals surface area contributed by atoms with E-state index in [0.717, 1.165) is 29.1 Å². The average molecular weight is 359 g/mol. The van der Waals surface area contributed by atoms with E-state index in [1.807, 2.05) is 37.3 Å². The summed E-state index contributed by atoms with van der Waals surface area (Å²) in [6.45, 7) is 6.38. The van der Waals surface area contributed by atoms with Crippen molar-refractivity contribution in [2.45, 2.75) is 45.7 Å². The molecule has 1 atom stereocenters. The van der Waals surface area contributed by atoms with Crippen LogP contribution in [0.3, 0.4) is 0 Å². The number of nitrogen functional groups attached to an aromatic ring is 1. The number of carbonyl (C=O) groups is 1. The van der Waals surface area contributed by atoms with E-state index >= 15 is 0 Å². The van der Waals surface area contributed by atoms with Crippen molar-refractivity contribution in [3.05, 3.63) is 40.8 Å². The van der Waals surface area contributed by atoms with Gasteiger partial charge in [-0.25, -0.2) is 4.79 Å². The summed E-state index contributed by atoms with van der Waals surface area (Å²) in [5, 5.41) is 0.553. The summed E-state index contributed by atoms with van der Waals surface area (Å²) in [6.07, 6.45) is 3.76. The van der Waals surface area contributed by atoms with Gasteiger partial charge < -0.3 is 10.5 Å². The molecule has 0 amide bonds. The first-order valence-corrected chi connectivity index (χ1v) is 9.81. The first-order valence-electron chi connectivity index (χ1n) is 8.99. The van der Waals surface area contributed by atoms with Crippen LogP contribution in [0.2, 0.25) is 0 Å². The van der Waals surface area contributed by atoms with Crippen molar-refractivity contribution in [1.82, 2.24) is 4.90 Å². The monoisotopic (exact) mass is 358 g/mol. The second-order valence-corrected chi connectivity index (χ2v) is 7.68. The van der Waals surface area contributed by atoms with E-state index in [2.05, 4.69) is 11.8 Å². The summed E-state index contributed by atoms with van der Waals surface area (Å²) in [7, 11) is 0. The standard InChI is InChI=1S/C20H26N2O2S/c1-3-24-20(23)18-17(15-10-5-4-6-11-15)16(25-19(18)21)13-22-12-8-7-9-14(22)2/h4-6,10-11,14H,3,7-9,12-13,21H2,1-2H3. The molecule has 1 aromatic heterocycles. The quantitative estimate of drug-likeness (QED) is 0.797. The normalized spacial score (nSPS) is 18.2. The van der Waals surface area contributed by atoms with Gasteiger partial charge >= 0.3 is 5.97 Å². The minimum atomic E-state index is -0.326. The molecule has 2 N–H and O–H groups in total. The number of thiophene rings is 1. The van der Waals surface area contributed by atoms with Gasteiger partial charge in [0.2, 0.25) is 0 Å². The molecule has 0 spiro atoms. The average Bonchev–Trinajstić information content (AvgIpc) is 2.94. The number of carbonyl (C=O) groups excluding carboxylic acids is 1. The molecule has 1 fully saturated rings. The highest BCUT2D eigenvalue weighted by Gasteiger charge is 2.27. The Kier molecular flexibility index (Phi) is 5.76. The Morgan fingerprint density at radius 1 is 1.32 bits per heavy atom. The number of anilines is 1. The van der Waals surface area contributed by atoms with E-state index in [9.17, 15) is 4.79 Å². The maximum Gasteiger partial charge on any atom is 0.341 e. The van der Waals surface area contributed by atoms with Crippen LogP contribution in [0.5, 0.6) is 0 Å². The molecule has 25 heavy (non-hydrogen) atoms. The van der Waals surface area contributed by atoms with Crippen molar-refractivity contribution < 1.29 is 9.53 Å². The maximum atomic E-state index is 12.5. The van der Waals surface area contributed by atoms with Crippen molar-refractivity contribution in [2.75, 3.05) is 18.9 Å². The van der Waals surface area contributed by atoms with Crippen LogP contribution in [0.4, 0.5) is 5.00 Å². The number of hydrogen-bond acceptors (Lipinski definition) is 5. The lowest BCUT2D eigenvalue weighted by molar-refractivity contribution is 0.0529. The van der Waals surface area contributed by atoms with Crippen LogP contribution in [-0.4, -0.2) is 30.1 Å². The molecule has 1 aromatic carbocycles. The number of nitrogens with two attached hydrogens (primary N) is 1. The molecule has 2 aromatic rings. The fraction of sp³-hybridized carbons (Fsp3) is 0.450. The Morgan fingerprint density at radius 2 is 2.08 bits per heavy atom. The van der Waals surface area contributed by atoms with Crippen LogP contribution < -0.4 is 5.73 Å². The van der Waals surface area contributed by atoms with Gasteiger partial charge in [0.1, 0.15) is 10.6 Å². The fourth-order valence-electron chi connectivity index (χ4n) is 3.50. The lowest BCUT2D eigenvalue weighted by atomic mass is 9.99. The third-order valence-electron chi connectivity index (χ3n) is 4.84. The van der Waals surface area contributed by atoms with Gasteiger partial charge in [-0.1, -0.05) is 36.8 Å². The molecule has 2 heterocycles. The highest BCUT2D eigenvalue weighted by molar-refractivity contribution is 7.17. The number of hydrogen-bond donors (Lipinski definition) is 1. The van der Waals surface area contributed by atoms with E-state index < -0.39 is 0 Å². The highest BCUT2D eigenvalue weighted by Crippen LogP contribution is 2.40. The van der Waals surface area contributed by atoms with Crippen LogP contribution in [0.15, 0.2) is 30.3 Å². The molecule has 1 unspecified atom stereocenters. The minimum Gasteiger partial charge on any atom is -0.462 e. The third-order valence-corrected chi connectivity index (χ3v) is 5.84. The van der Waals surface area contributed by atoms with E-state index in [1.54, 1.807) is 0 Å². The number of rotatable bonds is 5. The van der Waals surface area contributed by atoms with E-state index in [-0.39, 0.29) is 5.97 Å². The number of nitrogens with zero attached hydrogens (tertiary/aromatic N) is 1. The lowest BCUT2D eigenvalue weighted by Crippen LogP contribution is -2.36. The van der Waals surface area contributed by atoms with Gasteiger partial charge in [0, 0.05) is 23.0 Å². The summed E-state index contributed by atoms with van der Waals surface area (Å²) in [6, 6.07) is 10.6. The Labute approximate surface area is 153 Å².